The summed E-state index contributed by atoms with van der Waals surface area (Å²) in [6.45, 7) is 0. The fourth-order valence-electron chi connectivity index (χ4n) is 2.47. The molecule has 0 saturated carbocycles. The lowest BCUT2D eigenvalue weighted by Crippen LogP contribution is -2.04. The zero-order valence-corrected chi connectivity index (χ0v) is 17.3. The molecule has 0 aliphatic heterocycles. The van der Waals surface area contributed by atoms with Crippen LogP contribution in [-0.4, -0.2) is 13.0 Å². The molecule has 0 saturated heterocycles. The average molecular weight is 492 g/mol. The van der Waals surface area contributed by atoms with Gasteiger partial charge in [-0.05, 0) is 74.3 Å². The van der Waals surface area contributed by atoms with E-state index in [2.05, 4.69) is 31.9 Å². The molecule has 0 radical (unpaired) electrons. The Morgan fingerprint density at radius 1 is 0.962 bits per heavy atom. The van der Waals surface area contributed by atoms with Gasteiger partial charge in [0.2, 0.25) is 9.84 Å². The largest absolute Gasteiger partial charge is 0.315 e. The predicted octanol–water partition coefficient (Wildman–Crippen LogP) is 5.34. The Hall–Kier alpha value is -2.14. The second-order valence-electron chi connectivity index (χ2n) is 5.31. The fourth-order valence-corrected chi connectivity index (χ4v) is 5.01. The molecule has 130 valence electrons. The number of sulfone groups is 1. The van der Waals surface area contributed by atoms with Gasteiger partial charge in [0.1, 0.15) is 6.07 Å². The summed E-state index contributed by atoms with van der Waals surface area (Å²) in [5, 5.41) is 9.47. The van der Waals surface area contributed by atoms with E-state index in [9.17, 15) is 13.7 Å². The Balaban J connectivity index is 2.15. The quantitative estimate of drug-likeness (QED) is 0.462. The fraction of sp³-hybridized carbons (Fsp3) is 0. The van der Waals surface area contributed by atoms with Gasteiger partial charge < -0.3 is 4.57 Å². The molecule has 0 aliphatic carbocycles. The summed E-state index contributed by atoms with van der Waals surface area (Å²) < 4.78 is 29.0. The van der Waals surface area contributed by atoms with Gasteiger partial charge in [-0.3, -0.25) is 0 Å². The van der Waals surface area contributed by atoms with Gasteiger partial charge in [0.25, 0.3) is 0 Å². The van der Waals surface area contributed by atoms with Crippen LogP contribution in [0.1, 0.15) is 5.69 Å². The van der Waals surface area contributed by atoms with E-state index in [1.54, 1.807) is 36.5 Å². The molecule has 1 aromatic heterocycles. The number of halogens is 2. The van der Waals surface area contributed by atoms with E-state index >= 15 is 0 Å². The van der Waals surface area contributed by atoms with E-state index < -0.39 is 9.84 Å². The summed E-state index contributed by atoms with van der Waals surface area (Å²) in [5.74, 6) is 0. The number of rotatable bonds is 4. The number of aromatic nitrogens is 1. The van der Waals surface area contributed by atoms with E-state index in [-0.39, 0.29) is 9.80 Å². The van der Waals surface area contributed by atoms with E-state index in [4.69, 9.17) is 0 Å². The van der Waals surface area contributed by atoms with Gasteiger partial charge in [0.15, 0.2) is 4.91 Å². The van der Waals surface area contributed by atoms with Gasteiger partial charge in [-0.15, -0.1) is 0 Å². The molecule has 26 heavy (non-hydrogen) atoms. The number of hydrogen-bond acceptors (Lipinski definition) is 3. The second kappa shape index (κ2) is 7.62. The molecule has 0 aliphatic rings. The van der Waals surface area contributed by atoms with Crippen molar-refractivity contribution in [2.75, 3.05) is 0 Å². The summed E-state index contributed by atoms with van der Waals surface area (Å²) in [4.78, 5) is -0.222. The van der Waals surface area contributed by atoms with Crippen LogP contribution in [0.15, 0.2) is 85.6 Å². The second-order valence-corrected chi connectivity index (χ2v) is 8.94. The molecule has 0 N–H and O–H groups in total. The summed E-state index contributed by atoms with van der Waals surface area (Å²) in [7, 11) is -3.88. The minimum Gasteiger partial charge on any atom is -0.315 e. The molecule has 1 heterocycles. The van der Waals surface area contributed by atoms with Crippen molar-refractivity contribution in [3.63, 3.8) is 0 Å². The number of nitrogens with zero attached hydrogens (tertiary/aromatic N) is 2. The summed E-state index contributed by atoms with van der Waals surface area (Å²) >= 11 is 7.01. The molecule has 0 unspecified atom stereocenters. The Kier molecular flexibility index (Phi) is 5.47. The van der Waals surface area contributed by atoms with Gasteiger partial charge in [-0.25, -0.2) is 8.42 Å². The third-order valence-electron chi connectivity index (χ3n) is 3.69. The van der Waals surface area contributed by atoms with Crippen LogP contribution in [0.25, 0.3) is 11.8 Å². The zero-order valence-electron chi connectivity index (χ0n) is 13.3. The van der Waals surface area contributed by atoms with E-state index in [1.807, 2.05) is 28.8 Å². The third kappa shape index (κ3) is 3.54. The molecule has 3 rings (SSSR count). The van der Waals surface area contributed by atoms with E-state index in [0.717, 1.165) is 14.6 Å². The molecule has 0 spiro atoms. The molecule has 7 heteroatoms. The summed E-state index contributed by atoms with van der Waals surface area (Å²) in [5.41, 5.74) is 1.40. The highest BCUT2D eigenvalue weighted by atomic mass is 79.9. The topological polar surface area (TPSA) is 62.9 Å². The molecule has 0 fully saturated rings. The van der Waals surface area contributed by atoms with Gasteiger partial charge in [0.05, 0.1) is 10.6 Å². The summed E-state index contributed by atoms with van der Waals surface area (Å²) in [6.07, 6.45) is 3.19. The van der Waals surface area contributed by atoms with Crippen LogP contribution in [0.5, 0.6) is 0 Å². The third-order valence-corrected chi connectivity index (χ3v) is 6.65. The maximum Gasteiger partial charge on any atom is 0.216 e. The molecule has 0 bridgehead atoms. The van der Waals surface area contributed by atoms with Crippen molar-refractivity contribution < 1.29 is 8.42 Å². The van der Waals surface area contributed by atoms with Crippen LogP contribution in [0.2, 0.25) is 0 Å². The number of benzene rings is 2. The van der Waals surface area contributed by atoms with Crippen molar-refractivity contribution in [3.05, 3.63) is 86.4 Å². The molecule has 2 aromatic carbocycles. The maximum absolute atomic E-state index is 12.8. The first-order valence-corrected chi connectivity index (χ1v) is 10.6. The van der Waals surface area contributed by atoms with Crippen LogP contribution >= 0.6 is 31.9 Å². The highest BCUT2D eigenvalue weighted by molar-refractivity contribution is 9.11. The van der Waals surface area contributed by atoms with Crippen molar-refractivity contribution >= 4 is 47.8 Å². The van der Waals surface area contributed by atoms with Crippen molar-refractivity contribution in [3.8, 4) is 11.8 Å². The molecular weight excluding hydrogens is 480 g/mol. The van der Waals surface area contributed by atoms with Crippen molar-refractivity contribution in [2.24, 2.45) is 0 Å². The normalized spacial score (nSPS) is 12.0. The molecule has 0 amide bonds. The average Bonchev–Trinajstić information content (AvgIpc) is 3.08. The van der Waals surface area contributed by atoms with Gasteiger partial charge in [-0.2, -0.15) is 5.26 Å². The number of para-hydroxylation sites is 1. The SMILES string of the molecule is N#C/C(=C\c1cccn1-c1c(Br)cccc1Br)S(=O)(=O)c1ccccc1. The monoisotopic (exact) mass is 490 g/mol. The standard InChI is InChI=1S/C19H12Br2N2O2S/c20-17-9-4-10-18(21)19(17)23-11-5-6-14(23)12-16(13-22)26(24,25)15-7-2-1-3-8-15/h1-12H/b16-12+. The lowest BCUT2D eigenvalue weighted by atomic mass is 10.3. The Morgan fingerprint density at radius 2 is 1.62 bits per heavy atom. The minimum absolute atomic E-state index is 0.0907. The lowest BCUT2D eigenvalue weighted by molar-refractivity contribution is 0.603. The molecule has 4 nitrogen and oxygen atoms in total. The number of hydrogen-bond donors (Lipinski definition) is 0. The maximum atomic E-state index is 12.8. The van der Waals surface area contributed by atoms with Crippen molar-refractivity contribution in [1.82, 2.24) is 4.57 Å². The van der Waals surface area contributed by atoms with Gasteiger partial charge >= 0.3 is 0 Å². The Labute approximate surface area is 168 Å². The van der Waals surface area contributed by atoms with E-state index in [1.165, 1.54) is 18.2 Å². The number of allylic oxidation sites excluding steroid dienone is 1. The van der Waals surface area contributed by atoms with Crippen molar-refractivity contribution in [1.29, 1.82) is 5.26 Å². The van der Waals surface area contributed by atoms with Crippen molar-refractivity contribution in [2.45, 2.75) is 4.90 Å². The van der Waals surface area contributed by atoms with Crippen LogP contribution in [-0.2, 0) is 9.84 Å². The predicted molar refractivity (Wildman–Crippen MR) is 108 cm³/mol. The lowest BCUT2D eigenvalue weighted by Gasteiger charge is -2.12. The van der Waals surface area contributed by atoms with Crippen LogP contribution in [0.3, 0.4) is 0 Å². The Bertz CT molecular complexity index is 1110. The zero-order chi connectivity index (χ0) is 18.7. The highest BCUT2D eigenvalue weighted by Crippen LogP contribution is 2.31. The number of nitriles is 1. The van der Waals surface area contributed by atoms with Crippen LogP contribution in [0.4, 0.5) is 0 Å². The first-order chi connectivity index (χ1) is 12.4. The molecule has 3 aromatic rings. The van der Waals surface area contributed by atoms with Crippen LogP contribution in [0, 0.1) is 11.3 Å². The van der Waals surface area contributed by atoms with Gasteiger partial charge in [0, 0.05) is 20.8 Å². The smallest absolute Gasteiger partial charge is 0.216 e. The molecule has 0 atom stereocenters. The van der Waals surface area contributed by atoms with E-state index in [0.29, 0.717) is 5.69 Å². The van der Waals surface area contributed by atoms with Crippen LogP contribution < -0.4 is 0 Å². The minimum atomic E-state index is -3.88. The summed E-state index contributed by atoms with van der Waals surface area (Å²) in [6, 6.07) is 19.0. The first kappa shape index (κ1) is 18.6. The Morgan fingerprint density at radius 3 is 2.23 bits per heavy atom. The molecular formula is C19H12Br2N2O2S. The first-order valence-electron chi connectivity index (χ1n) is 7.49. The van der Waals surface area contributed by atoms with Gasteiger partial charge in [-0.1, -0.05) is 24.3 Å². The highest BCUT2D eigenvalue weighted by Gasteiger charge is 2.21.